The van der Waals surface area contributed by atoms with E-state index in [9.17, 15) is 23.1 Å². The van der Waals surface area contributed by atoms with Crippen LogP contribution in [0.4, 0.5) is 0 Å². The minimum absolute atomic E-state index is 0.0168. The number of aryl methyl sites for hydroxylation is 3. The minimum Gasteiger partial charge on any atom is -0.479 e. The van der Waals surface area contributed by atoms with Gasteiger partial charge in [-0.15, -0.1) is 0 Å². The third kappa shape index (κ3) is 4.95. The van der Waals surface area contributed by atoms with Gasteiger partial charge in [0.25, 0.3) is 5.91 Å². The zero-order chi connectivity index (χ0) is 20.4. The summed E-state index contributed by atoms with van der Waals surface area (Å²) in [6, 6.07) is 8.42. The van der Waals surface area contributed by atoms with Crippen LogP contribution in [0.3, 0.4) is 0 Å². The molecule has 0 aromatic heterocycles. The maximum atomic E-state index is 12.8. The molecule has 7 heteroatoms. The molecule has 0 aliphatic heterocycles. The van der Waals surface area contributed by atoms with Crippen molar-refractivity contribution < 1.29 is 23.1 Å². The quantitative estimate of drug-likeness (QED) is 0.791. The van der Waals surface area contributed by atoms with Crippen molar-refractivity contribution in [1.82, 2.24) is 5.32 Å². The maximum Gasteiger partial charge on any atom is 0.330 e. The Labute approximate surface area is 159 Å². The SMILES string of the molecule is CCc1ccc(S(C)(=O)=O)cc1C(=O)NC(C(=O)O)c1cc(C)cc(C)c1. The van der Waals surface area contributed by atoms with Gasteiger partial charge in [-0.3, -0.25) is 4.79 Å². The topological polar surface area (TPSA) is 101 Å². The monoisotopic (exact) mass is 389 g/mol. The van der Waals surface area contributed by atoms with Gasteiger partial charge in [-0.1, -0.05) is 42.3 Å². The smallest absolute Gasteiger partial charge is 0.330 e. The average molecular weight is 389 g/mol. The molecule has 0 aliphatic rings. The molecule has 6 nitrogen and oxygen atoms in total. The fourth-order valence-electron chi connectivity index (χ4n) is 2.98. The second-order valence-electron chi connectivity index (χ2n) is 6.61. The van der Waals surface area contributed by atoms with Crippen molar-refractivity contribution in [1.29, 1.82) is 0 Å². The summed E-state index contributed by atoms with van der Waals surface area (Å²) in [5.41, 5.74) is 3.05. The van der Waals surface area contributed by atoms with E-state index in [2.05, 4.69) is 5.32 Å². The summed E-state index contributed by atoms with van der Waals surface area (Å²) in [5, 5.41) is 12.1. The number of amides is 1. The Morgan fingerprint density at radius 3 is 2.15 bits per heavy atom. The van der Waals surface area contributed by atoms with Crippen molar-refractivity contribution >= 4 is 21.7 Å². The van der Waals surface area contributed by atoms with Crippen LogP contribution in [-0.4, -0.2) is 31.7 Å². The lowest BCUT2D eigenvalue weighted by Gasteiger charge is -2.18. The molecule has 0 bridgehead atoms. The zero-order valence-electron chi connectivity index (χ0n) is 15.7. The highest BCUT2D eigenvalue weighted by molar-refractivity contribution is 7.90. The van der Waals surface area contributed by atoms with Crippen LogP contribution >= 0.6 is 0 Å². The third-order valence-corrected chi connectivity index (χ3v) is 5.34. The van der Waals surface area contributed by atoms with Gasteiger partial charge in [-0.2, -0.15) is 0 Å². The molecule has 0 heterocycles. The van der Waals surface area contributed by atoms with E-state index >= 15 is 0 Å². The van der Waals surface area contributed by atoms with Crippen molar-refractivity contribution in [3.8, 4) is 0 Å². The molecule has 0 fully saturated rings. The highest BCUT2D eigenvalue weighted by atomic mass is 32.2. The van der Waals surface area contributed by atoms with E-state index in [0.717, 1.165) is 17.4 Å². The Balaban J connectivity index is 2.45. The van der Waals surface area contributed by atoms with E-state index in [1.54, 1.807) is 18.2 Å². The van der Waals surface area contributed by atoms with E-state index in [1.165, 1.54) is 12.1 Å². The summed E-state index contributed by atoms with van der Waals surface area (Å²) in [6.07, 6.45) is 1.57. The molecule has 2 rings (SSSR count). The number of carboxylic acids is 1. The molecule has 0 saturated carbocycles. The Kier molecular flexibility index (Phi) is 6.05. The lowest BCUT2D eigenvalue weighted by molar-refractivity contribution is -0.139. The molecule has 0 spiro atoms. The second kappa shape index (κ2) is 7.92. The molecule has 27 heavy (non-hydrogen) atoms. The van der Waals surface area contributed by atoms with Crippen molar-refractivity contribution in [2.45, 2.75) is 38.1 Å². The first-order valence-corrected chi connectivity index (χ1v) is 10.4. The number of benzene rings is 2. The van der Waals surface area contributed by atoms with Crippen LogP contribution < -0.4 is 5.32 Å². The van der Waals surface area contributed by atoms with Gasteiger partial charge in [0.1, 0.15) is 0 Å². The lowest BCUT2D eigenvalue weighted by atomic mass is 10.00. The molecule has 1 unspecified atom stereocenters. The van der Waals surface area contributed by atoms with Crippen LogP contribution in [0.25, 0.3) is 0 Å². The Morgan fingerprint density at radius 2 is 1.67 bits per heavy atom. The number of hydrogen-bond acceptors (Lipinski definition) is 4. The standard InChI is InChI=1S/C20H23NO5S/c1-5-14-6-7-16(27(4,25)26)11-17(14)19(22)21-18(20(23)24)15-9-12(2)8-13(3)10-15/h6-11,18H,5H2,1-4H3,(H,21,22)(H,23,24). The highest BCUT2D eigenvalue weighted by Crippen LogP contribution is 2.21. The number of carbonyl (C=O) groups excluding carboxylic acids is 1. The normalized spacial score (nSPS) is 12.4. The number of hydrogen-bond donors (Lipinski definition) is 2. The van der Waals surface area contributed by atoms with Gasteiger partial charge in [0.2, 0.25) is 0 Å². The van der Waals surface area contributed by atoms with Crippen LogP contribution in [-0.2, 0) is 21.1 Å². The molecule has 1 atom stereocenters. The summed E-state index contributed by atoms with van der Waals surface area (Å²) >= 11 is 0. The van der Waals surface area contributed by atoms with Gasteiger partial charge in [0.05, 0.1) is 4.90 Å². The van der Waals surface area contributed by atoms with Crippen LogP contribution in [0.15, 0.2) is 41.3 Å². The molecule has 0 aliphatic carbocycles. The van der Waals surface area contributed by atoms with E-state index in [0.29, 0.717) is 17.5 Å². The molecule has 0 radical (unpaired) electrons. The van der Waals surface area contributed by atoms with Gasteiger partial charge < -0.3 is 10.4 Å². The summed E-state index contributed by atoms with van der Waals surface area (Å²) < 4.78 is 23.6. The Bertz CT molecular complexity index is 975. The van der Waals surface area contributed by atoms with E-state index in [-0.39, 0.29) is 10.5 Å². The number of rotatable bonds is 6. The first-order valence-electron chi connectivity index (χ1n) is 8.47. The molecule has 144 valence electrons. The molecule has 0 saturated heterocycles. The second-order valence-corrected chi connectivity index (χ2v) is 8.63. The van der Waals surface area contributed by atoms with Crippen LogP contribution in [0.1, 0.15) is 45.6 Å². The van der Waals surface area contributed by atoms with E-state index in [4.69, 9.17) is 0 Å². The largest absolute Gasteiger partial charge is 0.479 e. The summed E-state index contributed by atoms with van der Waals surface area (Å²) in [6.45, 7) is 5.54. The predicted octanol–water partition coefficient (Wildman–Crippen LogP) is 2.83. The number of sulfone groups is 1. The average Bonchev–Trinajstić information content (AvgIpc) is 2.56. The minimum atomic E-state index is -3.49. The fraction of sp³-hybridized carbons (Fsp3) is 0.300. The summed E-state index contributed by atoms with van der Waals surface area (Å²) in [5.74, 6) is -1.81. The molecular weight excluding hydrogens is 366 g/mol. The number of carbonyl (C=O) groups is 2. The van der Waals surface area contributed by atoms with Crippen LogP contribution in [0.2, 0.25) is 0 Å². The van der Waals surface area contributed by atoms with Gasteiger partial charge >= 0.3 is 5.97 Å². The van der Waals surface area contributed by atoms with E-state index < -0.39 is 27.8 Å². The Morgan fingerprint density at radius 1 is 1.07 bits per heavy atom. The molecule has 2 N–H and O–H groups in total. The van der Waals surface area contributed by atoms with Crippen molar-refractivity contribution in [3.63, 3.8) is 0 Å². The molecular formula is C20H23NO5S. The summed E-state index contributed by atoms with van der Waals surface area (Å²) in [4.78, 5) is 24.6. The van der Waals surface area contributed by atoms with Crippen LogP contribution in [0, 0.1) is 13.8 Å². The van der Waals surface area contributed by atoms with Crippen LogP contribution in [0.5, 0.6) is 0 Å². The number of aliphatic carboxylic acids is 1. The summed E-state index contributed by atoms with van der Waals surface area (Å²) in [7, 11) is -3.49. The highest BCUT2D eigenvalue weighted by Gasteiger charge is 2.25. The first-order chi connectivity index (χ1) is 12.5. The van der Waals surface area contributed by atoms with Crippen molar-refractivity contribution in [2.75, 3.05) is 6.26 Å². The molecule has 1 amide bonds. The number of carboxylic acid groups (broad SMARTS) is 1. The zero-order valence-corrected chi connectivity index (χ0v) is 16.6. The fourth-order valence-corrected chi connectivity index (χ4v) is 3.63. The Hall–Kier alpha value is -2.67. The van der Waals surface area contributed by atoms with Gasteiger partial charge in [-0.25, -0.2) is 13.2 Å². The lowest BCUT2D eigenvalue weighted by Crippen LogP contribution is -2.34. The van der Waals surface area contributed by atoms with Crippen molar-refractivity contribution in [2.24, 2.45) is 0 Å². The molecule has 2 aromatic carbocycles. The third-order valence-electron chi connectivity index (χ3n) is 4.23. The van der Waals surface area contributed by atoms with Crippen molar-refractivity contribution in [3.05, 3.63) is 64.2 Å². The maximum absolute atomic E-state index is 12.8. The van der Waals surface area contributed by atoms with E-state index in [1.807, 2.05) is 26.8 Å². The van der Waals surface area contributed by atoms with Gasteiger partial charge in [0.15, 0.2) is 15.9 Å². The predicted molar refractivity (Wildman–Crippen MR) is 103 cm³/mol. The molecule has 2 aromatic rings. The first kappa shape index (κ1) is 20.6. The van der Waals surface area contributed by atoms with Gasteiger partial charge in [0, 0.05) is 11.8 Å². The van der Waals surface area contributed by atoms with Gasteiger partial charge in [-0.05, 0) is 43.5 Å². The number of nitrogens with one attached hydrogen (secondary N) is 1.